The van der Waals surface area contributed by atoms with Gasteiger partial charge in [-0.25, -0.2) is 9.37 Å². The zero-order valence-corrected chi connectivity index (χ0v) is 12.7. The molecule has 1 aromatic carbocycles. The van der Waals surface area contributed by atoms with Crippen LogP contribution >= 0.6 is 11.3 Å². The Morgan fingerprint density at radius 3 is 2.91 bits per heavy atom. The second kappa shape index (κ2) is 6.95. The summed E-state index contributed by atoms with van der Waals surface area (Å²) in [6.45, 7) is 3.14. The average molecular weight is 321 g/mol. The summed E-state index contributed by atoms with van der Waals surface area (Å²) >= 11 is 1.26. The van der Waals surface area contributed by atoms with Crippen molar-refractivity contribution >= 4 is 22.4 Å². The van der Waals surface area contributed by atoms with Gasteiger partial charge in [0.2, 0.25) is 5.91 Å². The van der Waals surface area contributed by atoms with Gasteiger partial charge in [0.05, 0.1) is 24.6 Å². The van der Waals surface area contributed by atoms with E-state index in [-0.39, 0.29) is 11.7 Å². The molecule has 0 atom stereocenters. The molecule has 116 valence electrons. The quantitative estimate of drug-likeness (QED) is 0.938. The second-order valence-corrected chi connectivity index (χ2v) is 5.98. The average Bonchev–Trinajstić information content (AvgIpc) is 2.97. The van der Waals surface area contributed by atoms with Crippen molar-refractivity contribution in [2.75, 3.05) is 38.2 Å². The van der Waals surface area contributed by atoms with E-state index in [2.05, 4.69) is 10.3 Å². The van der Waals surface area contributed by atoms with Crippen LogP contribution in [0.25, 0.3) is 10.4 Å². The summed E-state index contributed by atoms with van der Waals surface area (Å²) in [4.78, 5) is 18.9. The van der Waals surface area contributed by atoms with Crippen LogP contribution < -0.4 is 5.32 Å². The number of morpholine rings is 1. The van der Waals surface area contributed by atoms with Crippen LogP contribution in [0.5, 0.6) is 0 Å². The number of hydrogen-bond acceptors (Lipinski definition) is 5. The highest BCUT2D eigenvalue weighted by Crippen LogP contribution is 2.30. The highest BCUT2D eigenvalue weighted by Gasteiger charge is 2.15. The molecule has 1 aliphatic rings. The topological polar surface area (TPSA) is 54.5 Å². The Hall–Kier alpha value is -1.83. The molecule has 0 aliphatic carbocycles. The highest BCUT2D eigenvalue weighted by atomic mass is 32.1. The molecule has 1 aromatic heterocycles. The normalized spacial score (nSPS) is 15.7. The molecule has 7 heteroatoms. The molecule has 1 N–H and O–H groups in total. The molecule has 5 nitrogen and oxygen atoms in total. The molecule has 0 bridgehead atoms. The minimum absolute atomic E-state index is 0.115. The van der Waals surface area contributed by atoms with Crippen LogP contribution in [0.2, 0.25) is 0 Å². The molecule has 0 unspecified atom stereocenters. The van der Waals surface area contributed by atoms with Crippen molar-refractivity contribution in [1.82, 2.24) is 9.88 Å². The van der Waals surface area contributed by atoms with E-state index >= 15 is 0 Å². The summed E-state index contributed by atoms with van der Waals surface area (Å²) in [5, 5.41) is 3.25. The monoisotopic (exact) mass is 321 g/mol. The van der Waals surface area contributed by atoms with Crippen LogP contribution in [0.4, 0.5) is 9.52 Å². The number of carbonyl (C=O) groups excluding carboxylic acids is 1. The number of thiazole rings is 1. The summed E-state index contributed by atoms with van der Waals surface area (Å²) in [6.07, 6.45) is 1.58. The van der Waals surface area contributed by atoms with Crippen molar-refractivity contribution in [3.05, 3.63) is 36.3 Å². The smallest absolute Gasteiger partial charge is 0.240 e. The number of ether oxygens (including phenoxy) is 1. The predicted octanol–water partition coefficient (Wildman–Crippen LogP) is 2.22. The third kappa shape index (κ3) is 3.68. The lowest BCUT2D eigenvalue weighted by Crippen LogP contribution is -2.41. The van der Waals surface area contributed by atoms with Crippen molar-refractivity contribution in [3.63, 3.8) is 0 Å². The minimum Gasteiger partial charge on any atom is -0.379 e. The first-order valence-corrected chi connectivity index (χ1v) is 7.85. The summed E-state index contributed by atoms with van der Waals surface area (Å²) < 4.78 is 19.0. The Bertz CT molecular complexity index is 656. The number of rotatable bonds is 4. The van der Waals surface area contributed by atoms with Gasteiger partial charge >= 0.3 is 0 Å². The Morgan fingerprint density at radius 2 is 2.14 bits per heavy atom. The van der Waals surface area contributed by atoms with Gasteiger partial charge in [0, 0.05) is 24.8 Å². The van der Waals surface area contributed by atoms with Crippen molar-refractivity contribution in [1.29, 1.82) is 0 Å². The molecule has 1 saturated heterocycles. The molecule has 3 rings (SSSR count). The maximum absolute atomic E-state index is 13.7. The van der Waals surface area contributed by atoms with Gasteiger partial charge in [-0.2, -0.15) is 0 Å². The van der Waals surface area contributed by atoms with Crippen LogP contribution in [-0.4, -0.2) is 48.6 Å². The number of hydrogen-bond donors (Lipinski definition) is 1. The SMILES string of the molecule is O=C(CN1CCOCC1)Nc1ncc(-c2ccccc2F)s1. The van der Waals surface area contributed by atoms with E-state index in [1.165, 1.54) is 17.4 Å². The molecule has 1 amide bonds. The highest BCUT2D eigenvalue weighted by molar-refractivity contribution is 7.19. The largest absolute Gasteiger partial charge is 0.379 e. The molecular weight excluding hydrogens is 305 g/mol. The van der Waals surface area contributed by atoms with Crippen molar-refractivity contribution < 1.29 is 13.9 Å². The minimum atomic E-state index is -0.294. The number of benzene rings is 1. The number of nitrogens with zero attached hydrogens (tertiary/aromatic N) is 2. The lowest BCUT2D eigenvalue weighted by atomic mass is 10.2. The van der Waals surface area contributed by atoms with Crippen LogP contribution in [0.1, 0.15) is 0 Å². The molecule has 1 fully saturated rings. The second-order valence-electron chi connectivity index (χ2n) is 4.95. The first-order valence-electron chi connectivity index (χ1n) is 7.03. The third-order valence-corrected chi connectivity index (χ3v) is 4.31. The first kappa shape index (κ1) is 15.1. The number of anilines is 1. The number of halogens is 1. The summed E-state index contributed by atoms with van der Waals surface area (Å²) in [5.74, 6) is -0.409. The Balaban J connectivity index is 1.62. The first-order chi connectivity index (χ1) is 10.7. The van der Waals surface area contributed by atoms with Gasteiger partial charge in [-0.3, -0.25) is 9.69 Å². The predicted molar refractivity (Wildman–Crippen MR) is 83.4 cm³/mol. The number of nitrogens with one attached hydrogen (secondary N) is 1. The number of amides is 1. The maximum Gasteiger partial charge on any atom is 0.240 e. The molecule has 22 heavy (non-hydrogen) atoms. The van der Waals surface area contributed by atoms with Gasteiger partial charge in [-0.1, -0.05) is 29.5 Å². The molecule has 2 heterocycles. The lowest BCUT2D eigenvalue weighted by molar-refractivity contribution is -0.118. The van der Waals surface area contributed by atoms with E-state index in [4.69, 9.17) is 4.74 Å². The molecule has 0 saturated carbocycles. The molecule has 0 radical (unpaired) electrons. The molecular formula is C15H16FN3O2S. The van der Waals surface area contributed by atoms with E-state index in [1.807, 2.05) is 4.90 Å². The fourth-order valence-corrected chi connectivity index (χ4v) is 3.10. The number of carbonyl (C=O) groups is 1. The summed E-state index contributed by atoms with van der Waals surface area (Å²) in [5.41, 5.74) is 0.494. The molecule has 1 aliphatic heterocycles. The zero-order chi connectivity index (χ0) is 15.4. The maximum atomic E-state index is 13.7. The Kier molecular flexibility index (Phi) is 4.77. The Morgan fingerprint density at radius 1 is 1.36 bits per heavy atom. The van der Waals surface area contributed by atoms with Crippen molar-refractivity contribution in [2.24, 2.45) is 0 Å². The fourth-order valence-electron chi connectivity index (χ4n) is 2.24. The van der Waals surface area contributed by atoms with Crippen LogP contribution in [0.3, 0.4) is 0 Å². The van der Waals surface area contributed by atoms with Gasteiger partial charge in [-0.05, 0) is 6.07 Å². The van der Waals surface area contributed by atoms with E-state index in [9.17, 15) is 9.18 Å². The van der Waals surface area contributed by atoms with E-state index in [0.717, 1.165) is 13.1 Å². The van der Waals surface area contributed by atoms with Crippen LogP contribution in [0, 0.1) is 5.82 Å². The third-order valence-electron chi connectivity index (χ3n) is 3.36. The Labute approximate surface area is 131 Å². The van der Waals surface area contributed by atoms with Crippen LogP contribution in [-0.2, 0) is 9.53 Å². The van der Waals surface area contributed by atoms with Gasteiger partial charge in [0.15, 0.2) is 5.13 Å². The number of aromatic nitrogens is 1. The zero-order valence-electron chi connectivity index (χ0n) is 11.9. The van der Waals surface area contributed by atoms with Crippen molar-refractivity contribution in [3.8, 4) is 10.4 Å². The molecule has 0 spiro atoms. The molecule has 2 aromatic rings. The van der Waals surface area contributed by atoms with E-state index < -0.39 is 0 Å². The van der Waals surface area contributed by atoms with E-state index in [1.54, 1.807) is 24.4 Å². The van der Waals surface area contributed by atoms with Gasteiger partial charge in [-0.15, -0.1) is 0 Å². The van der Waals surface area contributed by atoms with Gasteiger partial charge < -0.3 is 10.1 Å². The van der Waals surface area contributed by atoms with Crippen LogP contribution in [0.15, 0.2) is 30.5 Å². The summed E-state index contributed by atoms with van der Waals surface area (Å²) in [6, 6.07) is 6.52. The van der Waals surface area contributed by atoms with Gasteiger partial charge in [0.1, 0.15) is 5.82 Å². The standard InChI is InChI=1S/C15H16FN3O2S/c16-12-4-2-1-3-11(12)13-9-17-15(22-13)18-14(20)10-19-5-7-21-8-6-19/h1-4,9H,5-8,10H2,(H,17,18,20). The lowest BCUT2D eigenvalue weighted by Gasteiger charge is -2.25. The van der Waals surface area contributed by atoms with E-state index in [0.29, 0.717) is 35.3 Å². The summed E-state index contributed by atoms with van der Waals surface area (Å²) in [7, 11) is 0. The fraction of sp³-hybridized carbons (Fsp3) is 0.333. The van der Waals surface area contributed by atoms with Crippen molar-refractivity contribution in [2.45, 2.75) is 0 Å². The van der Waals surface area contributed by atoms with Gasteiger partial charge in [0.25, 0.3) is 0 Å².